The number of benzene rings is 4. The van der Waals surface area contributed by atoms with Crippen LogP contribution in [0.4, 0.5) is 0 Å². The van der Waals surface area contributed by atoms with Gasteiger partial charge in [-0.25, -0.2) is 0 Å². The Labute approximate surface area is 198 Å². The second kappa shape index (κ2) is 9.69. The SMILES string of the molecule is C=C(C#N)/C=C(\C=N)c1cc2c3ccccc3c(C(/C=C\C)=C/NC#N)cc2c2ccccc12. The molecule has 0 aliphatic carbocycles. The molecule has 34 heavy (non-hydrogen) atoms. The standard InChI is InChI=1S/C30H22N4/c1-3-8-21(18-34-19-33)27-14-29-26-12-7-5-10-24(26)28(22(17-32)13-20(2)16-31)15-30(29)25-11-6-4-9-23(25)27/h3-15,17-18,32,34H,2H2,1H3/b8-3-,21-18+,22-13+,32-17?. The third-order valence-electron chi connectivity index (χ3n) is 5.77. The van der Waals surface area contributed by atoms with Gasteiger partial charge in [0.15, 0.2) is 6.19 Å². The fourth-order valence-corrected chi connectivity index (χ4v) is 4.35. The van der Waals surface area contributed by atoms with Crippen LogP contribution in [0.3, 0.4) is 0 Å². The second-order valence-electron chi connectivity index (χ2n) is 7.77. The molecule has 4 aromatic carbocycles. The van der Waals surface area contributed by atoms with Gasteiger partial charge in [0.25, 0.3) is 0 Å². The Morgan fingerprint density at radius 1 is 0.853 bits per heavy atom. The third-order valence-corrected chi connectivity index (χ3v) is 5.77. The Balaban J connectivity index is 2.20. The maximum absolute atomic E-state index is 9.24. The zero-order valence-electron chi connectivity index (χ0n) is 18.8. The molecule has 162 valence electrons. The van der Waals surface area contributed by atoms with Crippen molar-refractivity contribution in [3.05, 3.63) is 108 Å². The highest BCUT2D eigenvalue weighted by Crippen LogP contribution is 2.39. The molecule has 0 spiro atoms. The smallest absolute Gasteiger partial charge is 0.180 e. The summed E-state index contributed by atoms with van der Waals surface area (Å²) >= 11 is 0. The molecular formula is C30H22N4. The highest BCUT2D eigenvalue weighted by molar-refractivity contribution is 6.25. The van der Waals surface area contributed by atoms with Gasteiger partial charge in [-0.3, -0.25) is 5.32 Å². The van der Waals surface area contributed by atoms with Crippen LogP contribution in [0.5, 0.6) is 0 Å². The van der Waals surface area contributed by atoms with Gasteiger partial charge in [-0.2, -0.15) is 10.5 Å². The minimum absolute atomic E-state index is 0.300. The highest BCUT2D eigenvalue weighted by Gasteiger charge is 2.15. The first-order valence-electron chi connectivity index (χ1n) is 10.8. The molecule has 4 nitrogen and oxygen atoms in total. The van der Waals surface area contributed by atoms with Gasteiger partial charge in [-0.1, -0.05) is 67.3 Å². The van der Waals surface area contributed by atoms with Gasteiger partial charge in [0.05, 0.1) is 6.07 Å². The highest BCUT2D eigenvalue weighted by atomic mass is 14.8. The molecular weight excluding hydrogens is 416 g/mol. The minimum atomic E-state index is 0.300. The molecule has 0 heterocycles. The van der Waals surface area contributed by atoms with E-state index in [0.29, 0.717) is 11.1 Å². The molecule has 0 bridgehead atoms. The summed E-state index contributed by atoms with van der Waals surface area (Å²) in [6.45, 7) is 5.72. The Hall–Kier alpha value is -4.93. The summed E-state index contributed by atoms with van der Waals surface area (Å²) in [6.07, 6.45) is 10.5. The first-order valence-corrected chi connectivity index (χ1v) is 10.8. The van der Waals surface area contributed by atoms with Crippen molar-refractivity contribution in [1.29, 1.82) is 15.9 Å². The number of allylic oxidation sites excluding steroid dienone is 6. The summed E-state index contributed by atoms with van der Waals surface area (Å²) < 4.78 is 0. The van der Waals surface area contributed by atoms with Crippen molar-refractivity contribution in [1.82, 2.24) is 5.32 Å². The summed E-state index contributed by atoms with van der Waals surface area (Å²) in [7, 11) is 0. The fraction of sp³-hybridized carbons (Fsp3) is 0.0333. The van der Waals surface area contributed by atoms with Gasteiger partial charge in [-0.15, -0.1) is 0 Å². The molecule has 2 N–H and O–H groups in total. The first kappa shape index (κ1) is 22.3. The molecule has 0 radical (unpaired) electrons. The van der Waals surface area contributed by atoms with E-state index in [-0.39, 0.29) is 0 Å². The van der Waals surface area contributed by atoms with Crippen LogP contribution in [-0.4, -0.2) is 6.21 Å². The zero-order valence-corrected chi connectivity index (χ0v) is 18.8. The Kier molecular flexibility index (Phi) is 6.35. The van der Waals surface area contributed by atoms with E-state index in [1.165, 1.54) is 6.21 Å². The Morgan fingerprint density at radius 3 is 1.85 bits per heavy atom. The van der Waals surface area contributed by atoms with Crippen LogP contribution >= 0.6 is 0 Å². The van der Waals surface area contributed by atoms with Crippen molar-refractivity contribution in [2.45, 2.75) is 6.92 Å². The summed E-state index contributed by atoms with van der Waals surface area (Å²) in [5.74, 6) is 0. The molecule has 0 amide bonds. The van der Waals surface area contributed by atoms with E-state index in [1.807, 2.05) is 61.7 Å². The van der Waals surface area contributed by atoms with Crippen LogP contribution in [0, 0.1) is 28.2 Å². The molecule has 0 saturated carbocycles. The number of hydrogen-bond acceptors (Lipinski definition) is 4. The number of fused-ring (bicyclic) bond motifs is 5. The lowest BCUT2D eigenvalue weighted by Gasteiger charge is -2.16. The third kappa shape index (κ3) is 3.97. The number of nitrogens with one attached hydrogen (secondary N) is 2. The molecule has 4 rings (SSSR count). The molecule has 4 aromatic rings. The maximum atomic E-state index is 9.24. The second-order valence-corrected chi connectivity index (χ2v) is 7.77. The molecule has 0 aliphatic heterocycles. The number of rotatable bonds is 6. The van der Waals surface area contributed by atoms with Crippen molar-refractivity contribution in [2.75, 3.05) is 0 Å². The first-order chi connectivity index (χ1) is 16.6. The van der Waals surface area contributed by atoms with Crippen molar-refractivity contribution in [3.63, 3.8) is 0 Å². The average molecular weight is 439 g/mol. The summed E-state index contributed by atoms with van der Waals surface area (Å²) in [5, 5.41) is 35.3. The fourth-order valence-electron chi connectivity index (χ4n) is 4.35. The summed E-state index contributed by atoms with van der Waals surface area (Å²) in [5.41, 5.74) is 3.73. The van der Waals surface area contributed by atoms with Gasteiger partial charge in [0.2, 0.25) is 0 Å². The zero-order chi connectivity index (χ0) is 24.1. The number of hydrogen-bond donors (Lipinski definition) is 2. The van der Waals surface area contributed by atoms with Crippen LogP contribution in [0.15, 0.2) is 97.2 Å². The summed E-state index contributed by atoms with van der Waals surface area (Å²) in [6, 6.07) is 22.6. The summed E-state index contributed by atoms with van der Waals surface area (Å²) in [4.78, 5) is 0. The lowest BCUT2D eigenvalue weighted by molar-refractivity contribution is 1.20. The average Bonchev–Trinajstić information content (AvgIpc) is 2.88. The normalized spacial score (nSPS) is 12.1. The van der Waals surface area contributed by atoms with Crippen molar-refractivity contribution in [2.24, 2.45) is 0 Å². The number of nitrogens with zero attached hydrogens (tertiary/aromatic N) is 2. The van der Waals surface area contributed by atoms with E-state index < -0.39 is 0 Å². The van der Waals surface area contributed by atoms with Gasteiger partial charge < -0.3 is 5.41 Å². The molecule has 0 fully saturated rings. The predicted octanol–water partition coefficient (Wildman–Crippen LogP) is 7.25. The van der Waals surface area contributed by atoms with Crippen LogP contribution in [0.1, 0.15) is 18.1 Å². The van der Waals surface area contributed by atoms with Crippen molar-refractivity contribution >= 4 is 49.7 Å². The van der Waals surface area contributed by atoms with Crippen LogP contribution in [-0.2, 0) is 0 Å². The van der Waals surface area contributed by atoms with Gasteiger partial charge >= 0.3 is 0 Å². The maximum Gasteiger partial charge on any atom is 0.180 e. The lowest BCUT2D eigenvalue weighted by Crippen LogP contribution is -1.97. The molecule has 0 saturated heterocycles. The quantitative estimate of drug-likeness (QED) is 0.0830. The van der Waals surface area contributed by atoms with Crippen molar-refractivity contribution in [3.8, 4) is 12.3 Å². The molecule has 0 aliphatic rings. The van der Waals surface area contributed by atoms with E-state index >= 15 is 0 Å². The van der Waals surface area contributed by atoms with E-state index in [2.05, 4.69) is 42.2 Å². The van der Waals surface area contributed by atoms with E-state index in [9.17, 15) is 5.26 Å². The molecule has 0 aromatic heterocycles. The van der Waals surface area contributed by atoms with Gasteiger partial charge in [-0.05, 0) is 74.1 Å². The topological polar surface area (TPSA) is 83.5 Å². The Morgan fingerprint density at radius 2 is 1.38 bits per heavy atom. The monoisotopic (exact) mass is 438 g/mol. The van der Waals surface area contributed by atoms with Gasteiger partial charge in [0, 0.05) is 23.6 Å². The van der Waals surface area contributed by atoms with E-state index in [1.54, 1.807) is 12.3 Å². The minimum Gasteiger partial charge on any atom is -0.308 e. The largest absolute Gasteiger partial charge is 0.308 e. The molecule has 0 unspecified atom stereocenters. The van der Waals surface area contributed by atoms with Crippen LogP contribution in [0.2, 0.25) is 0 Å². The Bertz CT molecular complexity index is 1640. The molecule has 4 heteroatoms. The van der Waals surface area contributed by atoms with E-state index in [4.69, 9.17) is 10.7 Å². The van der Waals surface area contributed by atoms with Crippen molar-refractivity contribution < 1.29 is 0 Å². The predicted molar refractivity (Wildman–Crippen MR) is 142 cm³/mol. The number of nitriles is 2. The molecule has 0 atom stereocenters. The van der Waals surface area contributed by atoms with E-state index in [0.717, 1.165) is 49.0 Å². The lowest BCUT2D eigenvalue weighted by atomic mass is 9.87. The van der Waals surface area contributed by atoms with Gasteiger partial charge in [0.1, 0.15) is 0 Å². The van der Waals surface area contributed by atoms with Crippen LogP contribution < -0.4 is 5.32 Å². The van der Waals surface area contributed by atoms with Crippen LogP contribution in [0.25, 0.3) is 43.5 Å².